The zero-order valence-electron chi connectivity index (χ0n) is 9.08. The van der Waals surface area contributed by atoms with E-state index in [-0.39, 0.29) is 12.1 Å². The van der Waals surface area contributed by atoms with Gasteiger partial charge in [0, 0.05) is 7.05 Å². The molecule has 0 aromatic carbocycles. The Hall–Kier alpha value is -1.47. The van der Waals surface area contributed by atoms with E-state index in [1.807, 2.05) is 0 Å². The average Bonchev–Trinajstić information content (AvgIpc) is 2.40. The van der Waals surface area contributed by atoms with Gasteiger partial charge in [-0.1, -0.05) is 0 Å². The number of rotatable bonds is 3. The summed E-state index contributed by atoms with van der Waals surface area (Å²) in [6.45, 7) is 1.93. The first-order valence-corrected chi connectivity index (χ1v) is 4.57. The average molecular weight is 239 g/mol. The van der Waals surface area contributed by atoms with E-state index in [9.17, 15) is 18.0 Å². The Bertz CT molecular complexity index is 419. The van der Waals surface area contributed by atoms with Crippen molar-refractivity contribution in [2.24, 2.45) is 7.05 Å². The summed E-state index contributed by atoms with van der Waals surface area (Å²) in [5.74, 6) is 0. The van der Waals surface area contributed by atoms with Crippen LogP contribution in [0.1, 0.15) is 19.9 Å². The number of alkyl halides is 3. The van der Waals surface area contributed by atoms with Crippen LogP contribution in [-0.2, 0) is 7.05 Å². The highest BCUT2D eigenvalue weighted by Gasteiger charge is 2.29. The fourth-order valence-electron chi connectivity index (χ4n) is 1.05. The Kier molecular flexibility index (Phi) is 3.30. The molecule has 16 heavy (non-hydrogen) atoms. The fraction of sp³-hybridized carbons (Fsp3) is 0.750. The van der Waals surface area contributed by atoms with E-state index in [1.54, 1.807) is 13.8 Å². The van der Waals surface area contributed by atoms with E-state index in [1.165, 1.54) is 7.05 Å². The number of ether oxygens (including phenoxy) is 1. The predicted molar refractivity (Wildman–Crippen MR) is 49.4 cm³/mol. The molecular formula is C8H12F3N3O2. The van der Waals surface area contributed by atoms with Crippen molar-refractivity contribution in [1.82, 2.24) is 14.3 Å². The number of aromatic nitrogens is 3. The Labute approximate surface area is 89.4 Å². The van der Waals surface area contributed by atoms with Gasteiger partial charge in [0.25, 0.3) is 0 Å². The van der Waals surface area contributed by atoms with E-state index in [0.29, 0.717) is 0 Å². The Morgan fingerprint density at radius 3 is 2.38 bits per heavy atom. The lowest BCUT2D eigenvalue weighted by molar-refractivity contribution is -0.155. The van der Waals surface area contributed by atoms with Crippen molar-refractivity contribution in [3.8, 4) is 6.01 Å². The topological polar surface area (TPSA) is 49.0 Å². The molecule has 0 atom stereocenters. The summed E-state index contributed by atoms with van der Waals surface area (Å²) in [6, 6.07) is -0.571. The highest BCUT2D eigenvalue weighted by atomic mass is 19.4. The number of halogens is 3. The van der Waals surface area contributed by atoms with E-state index in [4.69, 9.17) is 0 Å². The van der Waals surface area contributed by atoms with Gasteiger partial charge in [-0.2, -0.15) is 13.2 Å². The predicted octanol–water partition coefficient (Wildman–Crippen LogP) is 1.10. The zero-order valence-corrected chi connectivity index (χ0v) is 9.08. The molecular weight excluding hydrogens is 227 g/mol. The Morgan fingerprint density at radius 2 is 2.00 bits per heavy atom. The zero-order chi connectivity index (χ0) is 12.5. The molecule has 0 saturated carbocycles. The van der Waals surface area contributed by atoms with E-state index < -0.39 is 18.5 Å². The molecule has 0 amide bonds. The molecule has 92 valence electrons. The van der Waals surface area contributed by atoms with Gasteiger partial charge < -0.3 is 4.74 Å². The second-order valence-electron chi connectivity index (χ2n) is 3.57. The third-order valence-electron chi connectivity index (χ3n) is 1.82. The lowest BCUT2D eigenvalue weighted by Gasteiger charge is -2.06. The summed E-state index contributed by atoms with van der Waals surface area (Å²) < 4.78 is 42.1. The van der Waals surface area contributed by atoms with Crippen LogP contribution in [0.2, 0.25) is 0 Å². The highest BCUT2D eigenvalue weighted by molar-refractivity contribution is 4.93. The summed E-state index contributed by atoms with van der Waals surface area (Å²) >= 11 is 0. The fourth-order valence-corrected chi connectivity index (χ4v) is 1.05. The molecule has 0 fully saturated rings. The van der Waals surface area contributed by atoms with Gasteiger partial charge >= 0.3 is 17.9 Å². The molecule has 0 aliphatic carbocycles. The molecule has 0 spiro atoms. The molecule has 0 radical (unpaired) electrons. The van der Waals surface area contributed by atoms with Crippen molar-refractivity contribution in [2.45, 2.75) is 26.1 Å². The van der Waals surface area contributed by atoms with Gasteiger partial charge in [0.1, 0.15) is 0 Å². The highest BCUT2D eigenvalue weighted by Crippen LogP contribution is 2.16. The largest absolute Gasteiger partial charge is 0.454 e. The molecule has 0 bridgehead atoms. The Morgan fingerprint density at radius 1 is 1.44 bits per heavy atom. The SMILES string of the molecule is CC(C)n1nc(OCC(F)(F)F)n(C)c1=O. The summed E-state index contributed by atoms with van der Waals surface area (Å²) in [5, 5.41) is 3.66. The van der Waals surface area contributed by atoms with Crippen LogP contribution < -0.4 is 10.4 Å². The summed E-state index contributed by atoms with van der Waals surface area (Å²) in [7, 11) is 1.31. The van der Waals surface area contributed by atoms with Crippen molar-refractivity contribution in [1.29, 1.82) is 0 Å². The molecule has 0 N–H and O–H groups in total. The molecule has 0 aliphatic heterocycles. The smallest absolute Gasteiger partial charge is 0.422 e. The molecule has 1 aromatic heterocycles. The molecule has 1 rings (SSSR count). The molecule has 8 heteroatoms. The second kappa shape index (κ2) is 4.18. The molecule has 0 unspecified atom stereocenters. The van der Waals surface area contributed by atoms with Crippen molar-refractivity contribution in [3.63, 3.8) is 0 Å². The van der Waals surface area contributed by atoms with Crippen molar-refractivity contribution in [2.75, 3.05) is 6.61 Å². The standard InChI is InChI=1S/C8H12F3N3O2/c1-5(2)14-7(15)13(3)6(12-14)16-4-8(9,10)11/h5H,4H2,1-3H3. The molecule has 0 saturated heterocycles. The van der Waals surface area contributed by atoms with E-state index in [2.05, 4.69) is 9.84 Å². The third-order valence-corrected chi connectivity index (χ3v) is 1.82. The Balaban J connectivity index is 2.91. The van der Waals surface area contributed by atoms with Gasteiger partial charge in [0.2, 0.25) is 0 Å². The van der Waals surface area contributed by atoms with Gasteiger partial charge in [-0.05, 0) is 13.8 Å². The van der Waals surface area contributed by atoms with E-state index >= 15 is 0 Å². The molecule has 1 aromatic rings. The maximum atomic E-state index is 11.9. The quantitative estimate of drug-likeness (QED) is 0.793. The number of hydrogen-bond acceptors (Lipinski definition) is 3. The van der Waals surface area contributed by atoms with Gasteiger partial charge in [0.05, 0.1) is 6.04 Å². The first-order valence-electron chi connectivity index (χ1n) is 4.57. The van der Waals surface area contributed by atoms with Crippen molar-refractivity contribution >= 4 is 0 Å². The van der Waals surface area contributed by atoms with Crippen LogP contribution in [0, 0.1) is 0 Å². The van der Waals surface area contributed by atoms with Crippen LogP contribution in [0.3, 0.4) is 0 Å². The minimum Gasteiger partial charge on any atom is -0.454 e. The van der Waals surface area contributed by atoms with Gasteiger partial charge in [0.15, 0.2) is 6.61 Å². The minimum atomic E-state index is -4.45. The number of hydrogen-bond donors (Lipinski definition) is 0. The monoisotopic (exact) mass is 239 g/mol. The molecule has 5 nitrogen and oxygen atoms in total. The summed E-state index contributed by atoms with van der Waals surface area (Å²) in [6.07, 6.45) is -4.45. The normalized spacial score (nSPS) is 12.2. The first-order chi connectivity index (χ1) is 7.22. The maximum Gasteiger partial charge on any atom is 0.422 e. The van der Waals surface area contributed by atoms with E-state index in [0.717, 1.165) is 9.25 Å². The maximum absolute atomic E-state index is 11.9. The second-order valence-corrected chi connectivity index (χ2v) is 3.57. The lowest BCUT2D eigenvalue weighted by Crippen LogP contribution is -2.25. The first kappa shape index (κ1) is 12.6. The van der Waals surface area contributed by atoms with Crippen LogP contribution in [0.15, 0.2) is 4.79 Å². The summed E-state index contributed by atoms with van der Waals surface area (Å²) in [5.41, 5.74) is -0.507. The van der Waals surface area contributed by atoms with Crippen molar-refractivity contribution < 1.29 is 17.9 Å². The van der Waals surface area contributed by atoms with Crippen molar-refractivity contribution in [3.05, 3.63) is 10.5 Å². The third kappa shape index (κ3) is 2.77. The summed E-state index contributed by atoms with van der Waals surface area (Å²) in [4.78, 5) is 11.5. The number of nitrogens with zero attached hydrogens (tertiary/aromatic N) is 3. The van der Waals surface area contributed by atoms with Gasteiger partial charge in [-0.15, -0.1) is 5.10 Å². The van der Waals surface area contributed by atoms with Crippen LogP contribution in [0.25, 0.3) is 0 Å². The van der Waals surface area contributed by atoms with Crippen LogP contribution in [-0.4, -0.2) is 27.1 Å². The minimum absolute atomic E-state index is 0.234. The van der Waals surface area contributed by atoms with Gasteiger partial charge in [-0.3, -0.25) is 0 Å². The lowest BCUT2D eigenvalue weighted by atomic mass is 10.4. The van der Waals surface area contributed by atoms with Gasteiger partial charge in [-0.25, -0.2) is 14.0 Å². The van der Waals surface area contributed by atoms with Crippen LogP contribution in [0.4, 0.5) is 13.2 Å². The van der Waals surface area contributed by atoms with Crippen LogP contribution in [0.5, 0.6) is 6.01 Å². The molecule has 0 aliphatic rings. The molecule has 1 heterocycles. The van der Waals surface area contributed by atoms with Crippen LogP contribution >= 0.6 is 0 Å².